The van der Waals surface area contributed by atoms with Crippen LogP contribution in [0.15, 0.2) is 78.9 Å². The molecule has 1 amide bonds. The minimum atomic E-state index is -0.307. The van der Waals surface area contributed by atoms with Gasteiger partial charge in [-0.25, -0.2) is 9.37 Å². The van der Waals surface area contributed by atoms with Crippen LogP contribution in [0.5, 0.6) is 0 Å². The van der Waals surface area contributed by atoms with Crippen molar-refractivity contribution in [2.24, 2.45) is 0 Å². The highest BCUT2D eigenvalue weighted by molar-refractivity contribution is 5.92. The van der Waals surface area contributed by atoms with Crippen molar-refractivity contribution < 1.29 is 9.18 Å². The summed E-state index contributed by atoms with van der Waals surface area (Å²) in [5, 5.41) is 2.89. The third-order valence-corrected chi connectivity index (χ3v) is 4.12. The molecule has 4 rings (SSSR count). The largest absolute Gasteiger partial charge is 0.325 e. The molecule has 0 atom stereocenters. The summed E-state index contributed by atoms with van der Waals surface area (Å²) in [6, 6.07) is 23.1. The number of anilines is 1. The molecule has 3 aromatic carbocycles. The van der Waals surface area contributed by atoms with E-state index in [4.69, 9.17) is 0 Å². The van der Waals surface area contributed by atoms with Gasteiger partial charge in [0.2, 0.25) is 5.91 Å². The van der Waals surface area contributed by atoms with E-state index in [9.17, 15) is 9.18 Å². The second kappa shape index (κ2) is 6.80. The molecule has 1 heterocycles. The van der Waals surface area contributed by atoms with Crippen molar-refractivity contribution in [1.29, 1.82) is 0 Å². The van der Waals surface area contributed by atoms with Crippen LogP contribution in [-0.2, 0) is 11.3 Å². The van der Waals surface area contributed by atoms with Gasteiger partial charge in [-0.3, -0.25) is 4.79 Å². The van der Waals surface area contributed by atoms with Gasteiger partial charge in [0.25, 0.3) is 0 Å². The second-order valence-electron chi connectivity index (χ2n) is 5.93. The van der Waals surface area contributed by atoms with Crippen molar-refractivity contribution in [3.63, 3.8) is 0 Å². The van der Waals surface area contributed by atoms with E-state index in [1.54, 1.807) is 12.1 Å². The molecule has 0 aliphatic rings. The van der Waals surface area contributed by atoms with Crippen LogP contribution in [0, 0.1) is 5.82 Å². The maximum atomic E-state index is 13.3. The highest BCUT2D eigenvalue weighted by atomic mass is 19.1. The Kier molecular flexibility index (Phi) is 4.19. The van der Waals surface area contributed by atoms with Crippen LogP contribution in [-0.4, -0.2) is 15.5 Å². The monoisotopic (exact) mass is 345 g/mol. The van der Waals surface area contributed by atoms with Crippen LogP contribution < -0.4 is 5.32 Å². The molecule has 0 bridgehead atoms. The van der Waals surface area contributed by atoms with E-state index in [-0.39, 0.29) is 18.3 Å². The van der Waals surface area contributed by atoms with Gasteiger partial charge >= 0.3 is 0 Å². The Hall–Kier alpha value is -3.47. The lowest BCUT2D eigenvalue weighted by Gasteiger charge is -2.10. The zero-order valence-corrected chi connectivity index (χ0v) is 13.9. The first-order valence-corrected chi connectivity index (χ1v) is 8.27. The Morgan fingerprint density at radius 3 is 2.38 bits per heavy atom. The van der Waals surface area contributed by atoms with Gasteiger partial charge in [-0.1, -0.05) is 30.3 Å². The molecule has 0 aliphatic carbocycles. The van der Waals surface area contributed by atoms with Gasteiger partial charge in [-0.05, 0) is 48.5 Å². The Morgan fingerprint density at radius 1 is 0.923 bits per heavy atom. The van der Waals surface area contributed by atoms with E-state index in [1.807, 2.05) is 59.2 Å². The number of nitrogens with zero attached hydrogens (tertiary/aromatic N) is 2. The summed E-state index contributed by atoms with van der Waals surface area (Å²) in [5.41, 5.74) is 3.15. The van der Waals surface area contributed by atoms with Crippen molar-refractivity contribution in [1.82, 2.24) is 9.55 Å². The van der Waals surface area contributed by atoms with E-state index < -0.39 is 0 Å². The first kappa shape index (κ1) is 16.0. The quantitative estimate of drug-likeness (QED) is 0.593. The molecule has 0 saturated carbocycles. The van der Waals surface area contributed by atoms with Gasteiger partial charge in [-0.2, -0.15) is 0 Å². The number of fused-ring (bicyclic) bond motifs is 1. The van der Waals surface area contributed by atoms with E-state index in [1.165, 1.54) is 12.1 Å². The molecule has 26 heavy (non-hydrogen) atoms. The van der Waals surface area contributed by atoms with Crippen molar-refractivity contribution in [2.75, 3.05) is 5.32 Å². The van der Waals surface area contributed by atoms with Crippen molar-refractivity contribution >= 4 is 22.6 Å². The van der Waals surface area contributed by atoms with Crippen molar-refractivity contribution in [2.45, 2.75) is 6.54 Å². The SMILES string of the molecule is O=C(Cn1c(-c2ccc(F)cc2)nc2ccccc21)Nc1ccccc1. The van der Waals surface area contributed by atoms with Crippen LogP contribution in [0.4, 0.5) is 10.1 Å². The van der Waals surface area contributed by atoms with Gasteiger partial charge in [0, 0.05) is 11.3 Å². The molecule has 5 heteroatoms. The summed E-state index contributed by atoms with van der Waals surface area (Å²) in [4.78, 5) is 17.2. The average molecular weight is 345 g/mol. The first-order valence-electron chi connectivity index (χ1n) is 8.27. The molecule has 4 aromatic rings. The van der Waals surface area contributed by atoms with Gasteiger partial charge in [0.15, 0.2) is 0 Å². The predicted molar refractivity (Wildman–Crippen MR) is 100 cm³/mol. The number of aromatic nitrogens is 2. The fourth-order valence-electron chi connectivity index (χ4n) is 2.92. The Balaban J connectivity index is 1.72. The zero-order valence-electron chi connectivity index (χ0n) is 13.9. The van der Waals surface area contributed by atoms with Crippen LogP contribution >= 0.6 is 0 Å². The van der Waals surface area contributed by atoms with Crippen LogP contribution in [0.1, 0.15) is 0 Å². The fraction of sp³-hybridized carbons (Fsp3) is 0.0476. The third-order valence-electron chi connectivity index (χ3n) is 4.12. The maximum absolute atomic E-state index is 13.3. The number of amides is 1. The number of carbonyl (C=O) groups is 1. The number of para-hydroxylation sites is 3. The topological polar surface area (TPSA) is 46.9 Å². The van der Waals surface area contributed by atoms with E-state index in [0.717, 1.165) is 22.3 Å². The number of hydrogen-bond donors (Lipinski definition) is 1. The number of rotatable bonds is 4. The summed E-state index contributed by atoms with van der Waals surface area (Å²) < 4.78 is 15.1. The number of carbonyl (C=O) groups excluding carboxylic acids is 1. The molecule has 4 nitrogen and oxygen atoms in total. The second-order valence-corrected chi connectivity index (χ2v) is 5.93. The molecular weight excluding hydrogens is 329 g/mol. The molecule has 1 aromatic heterocycles. The normalized spacial score (nSPS) is 10.8. The van der Waals surface area contributed by atoms with Crippen LogP contribution in [0.3, 0.4) is 0 Å². The summed E-state index contributed by atoms with van der Waals surface area (Å²) in [7, 11) is 0. The summed E-state index contributed by atoms with van der Waals surface area (Å²) in [5.74, 6) is 0.176. The van der Waals surface area contributed by atoms with E-state index in [0.29, 0.717) is 5.82 Å². The predicted octanol–water partition coefficient (Wildman–Crippen LogP) is 4.48. The Bertz CT molecular complexity index is 1060. The lowest BCUT2D eigenvalue weighted by Crippen LogP contribution is -2.19. The molecule has 128 valence electrons. The molecule has 0 unspecified atom stereocenters. The minimum Gasteiger partial charge on any atom is -0.325 e. The van der Waals surface area contributed by atoms with Gasteiger partial charge in [0.05, 0.1) is 11.0 Å². The number of imidazole rings is 1. The summed E-state index contributed by atoms with van der Waals surface area (Å²) in [6.45, 7) is 0.113. The molecule has 0 fully saturated rings. The van der Waals surface area contributed by atoms with Gasteiger partial charge in [-0.15, -0.1) is 0 Å². The highest BCUT2D eigenvalue weighted by Crippen LogP contribution is 2.25. The average Bonchev–Trinajstić information content (AvgIpc) is 3.02. The molecular formula is C21H16FN3O. The van der Waals surface area contributed by atoms with E-state index in [2.05, 4.69) is 10.3 Å². The molecule has 0 aliphatic heterocycles. The molecule has 0 spiro atoms. The molecule has 0 saturated heterocycles. The van der Waals surface area contributed by atoms with Gasteiger partial charge in [0.1, 0.15) is 18.2 Å². The molecule has 1 N–H and O–H groups in total. The van der Waals surface area contributed by atoms with Gasteiger partial charge < -0.3 is 9.88 Å². The number of benzene rings is 3. The summed E-state index contributed by atoms with van der Waals surface area (Å²) >= 11 is 0. The lowest BCUT2D eigenvalue weighted by molar-refractivity contribution is -0.116. The maximum Gasteiger partial charge on any atom is 0.244 e. The summed E-state index contributed by atoms with van der Waals surface area (Å²) in [6.07, 6.45) is 0. The fourth-order valence-corrected chi connectivity index (χ4v) is 2.92. The zero-order chi connectivity index (χ0) is 17.9. The highest BCUT2D eigenvalue weighted by Gasteiger charge is 2.15. The number of halogens is 1. The van der Waals surface area contributed by atoms with Crippen molar-refractivity contribution in [3.05, 3.63) is 84.7 Å². The number of nitrogens with one attached hydrogen (secondary N) is 1. The van der Waals surface area contributed by atoms with Crippen LogP contribution in [0.25, 0.3) is 22.4 Å². The Morgan fingerprint density at radius 2 is 1.62 bits per heavy atom. The Labute approximate surface area is 149 Å². The minimum absolute atomic E-state index is 0.113. The first-order chi connectivity index (χ1) is 12.7. The smallest absolute Gasteiger partial charge is 0.244 e. The third kappa shape index (κ3) is 3.19. The lowest BCUT2D eigenvalue weighted by atomic mass is 10.2. The standard InChI is InChI=1S/C21H16FN3O/c22-16-12-10-15(11-13-16)21-24-18-8-4-5-9-19(18)25(21)14-20(26)23-17-6-2-1-3-7-17/h1-13H,14H2,(H,23,26). The number of hydrogen-bond acceptors (Lipinski definition) is 2. The van der Waals surface area contributed by atoms with Crippen LogP contribution in [0.2, 0.25) is 0 Å². The van der Waals surface area contributed by atoms with Crippen molar-refractivity contribution in [3.8, 4) is 11.4 Å². The molecule has 0 radical (unpaired) electrons. The van der Waals surface area contributed by atoms with E-state index >= 15 is 0 Å².